The molecule has 194 valence electrons. The van der Waals surface area contributed by atoms with Crippen LogP contribution in [0.4, 0.5) is 23.2 Å². The van der Waals surface area contributed by atoms with Crippen molar-refractivity contribution in [1.82, 2.24) is 5.32 Å². The number of hydrogen-bond donors (Lipinski definition) is 3. The van der Waals surface area contributed by atoms with Gasteiger partial charge in [-0.05, 0) is 87.0 Å². The van der Waals surface area contributed by atoms with Crippen molar-refractivity contribution >= 4 is 21.7 Å². The minimum atomic E-state index is -5.08. The van der Waals surface area contributed by atoms with Gasteiger partial charge in [0, 0.05) is 11.7 Å². The summed E-state index contributed by atoms with van der Waals surface area (Å²) in [5.74, 6) is -2.76. The first-order valence-corrected chi connectivity index (χ1v) is 12.6. The van der Waals surface area contributed by atoms with Crippen LogP contribution in [0.3, 0.4) is 0 Å². The van der Waals surface area contributed by atoms with Gasteiger partial charge in [-0.25, -0.2) is 17.6 Å². The van der Waals surface area contributed by atoms with Crippen molar-refractivity contribution in [3.05, 3.63) is 59.2 Å². The van der Waals surface area contributed by atoms with E-state index in [9.17, 15) is 26.0 Å². The van der Waals surface area contributed by atoms with Gasteiger partial charge in [0.25, 0.3) is 10.0 Å². The number of fused-ring (bicyclic) bond motifs is 1. The van der Waals surface area contributed by atoms with E-state index in [1.165, 1.54) is 49.2 Å². The number of alkyl halides is 4. The normalized spacial score (nSPS) is 16.0. The molecule has 2 aromatic carbocycles. The molecule has 0 bridgehead atoms. The van der Waals surface area contributed by atoms with Crippen molar-refractivity contribution in [3.8, 4) is 0 Å². The van der Waals surface area contributed by atoms with Crippen molar-refractivity contribution in [3.63, 3.8) is 0 Å². The number of benzene rings is 2. The predicted molar refractivity (Wildman–Crippen MR) is 126 cm³/mol. The largest absolute Gasteiger partial charge is 0.490 e. The second-order valence-corrected chi connectivity index (χ2v) is 10.5. The molecule has 1 aliphatic rings. The highest BCUT2D eigenvalue weighted by molar-refractivity contribution is 7.92. The number of carboxylic acids is 1. The molecule has 0 saturated carbocycles. The highest BCUT2D eigenvalue weighted by Crippen LogP contribution is 2.28. The van der Waals surface area contributed by atoms with E-state index in [0.717, 1.165) is 32.2 Å². The van der Waals surface area contributed by atoms with Gasteiger partial charge in [0.15, 0.2) is 0 Å². The maximum atomic E-state index is 14.0. The molecule has 0 spiro atoms. The summed E-state index contributed by atoms with van der Waals surface area (Å²) in [6, 6.07) is 12.2. The average Bonchev–Trinajstić information content (AvgIpc) is 2.76. The van der Waals surface area contributed by atoms with E-state index in [2.05, 4.69) is 17.0 Å². The fourth-order valence-electron chi connectivity index (χ4n) is 3.59. The van der Waals surface area contributed by atoms with Gasteiger partial charge in [0.05, 0.1) is 4.90 Å². The first-order valence-electron chi connectivity index (χ1n) is 11.1. The molecule has 0 heterocycles. The third-order valence-electron chi connectivity index (χ3n) is 5.46. The summed E-state index contributed by atoms with van der Waals surface area (Å²) in [6.45, 7) is 6.08. The Morgan fingerprint density at radius 3 is 2.17 bits per heavy atom. The molecule has 0 aliphatic heterocycles. The minimum Gasteiger partial charge on any atom is -0.475 e. The number of sulfonamides is 1. The monoisotopic (exact) mass is 518 g/mol. The molecule has 0 amide bonds. The third-order valence-corrected chi connectivity index (χ3v) is 6.86. The van der Waals surface area contributed by atoms with Crippen molar-refractivity contribution in [1.29, 1.82) is 0 Å². The number of aryl methyl sites for hydroxylation is 1. The molecule has 11 heteroatoms. The fourth-order valence-corrected chi connectivity index (χ4v) is 4.64. The summed E-state index contributed by atoms with van der Waals surface area (Å²) in [5, 5.41) is 10.7. The predicted octanol–water partition coefficient (Wildman–Crippen LogP) is 5.18. The molecule has 1 atom stereocenters. The quantitative estimate of drug-likeness (QED) is 0.439. The number of hydrogen-bond acceptors (Lipinski definition) is 4. The third kappa shape index (κ3) is 8.50. The van der Waals surface area contributed by atoms with Crippen LogP contribution in [0.25, 0.3) is 0 Å². The molecular formula is C24H30F4N2O4S. The molecule has 2 aromatic rings. The average molecular weight is 519 g/mol. The zero-order chi connectivity index (χ0) is 26.4. The van der Waals surface area contributed by atoms with E-state index in [4.69, 9.17) is 9.90 Å². The zero-order valence-electron chi connectivity index (χ0n) is 19.7. The molecule has 0 aromatic heterocycles. The van der Waals surface area contributed by atoms with Crippen LogP contribution in [0.15, 0.2) is 47.4 Å². The standard InChI is InChI=1S/C22H29FN2O2S.C2HF3O2/c1-4-13-24-19-9-5-17-15-20(10-6-16(17)14-19)25-28(26,27)21-11-7-18(8-12-21)22(2,3)23;3-2(4,5)1(6)7/h6-8,10-12,15,19,24-25H,4-5,9,13-14H2,1-3H3;(H,6,7)/t19-;/m0./s1. The molecular weight excluding hydrogens is 488 g/mol. The van der Waals surface area contributed by atoms with Crippen molar-refractivity contribution < 1.29 is 35.9 Å². The Balaban J connectivity index is 0.000000540. The van der Waals surface area contributed by atoms with E-state index in [1.807, 2.05) is 18.2 Å². The smallest absolute Gasteiger partial charge is 0.475 e. The molecule has 3 rings (SSSR count). The van der Waals surface area contributed by atoms with Gasteiger partial charge in [0.2, 0.25) is 0 Å². The second-order valence-electron chi connectivity index (χ2n) is 8.78. The number of carbonyl (C=O) groups is 1. The van der Waals surface area contributed by atoms with Crippen molar-refractivity contribution in [2.45, 2.75) is 69.2 Å². The Kier molecular flexibility index (Phi) is 9.29. The minimum absolute atomic E-state index is 0.127. The number of nitrogens with one attached hydrogen (secondary N) is 2. The Labute approximate surface area is 202 Å². The Morgan fingerprint density at radius 1 is 1.06 bits per heavy atom. The van der Waals surface area contributed by atoms with Crippen LogP contribution in [0, 0.1) is 0 Å². The van der Waals surface area contributed by atoms with Crippen LogP contribution in [-0.4, -0.2) is 38.3 Å². The summed E-state index contributed by atoms with van der Waals surface area (Å²) < 4.78 is 73.7. The molecule has 0 fully saturated rings. The highest BCUT2D eigenvalue weighted by atomic mass is 32.2. The Hall–Kier alpha value is -2.66. The number of halogens is 4. The Morgan fingerprint density at radius 2 is 1.66 bits per heavy atom. The van der Waals surface area contributed by atoms with Gasteiger partial charge in [0.1, 0.15) is 5.67 Å². The van der Waals surface area contributed by atoms with Crippen LogP contribution in [0.5, 0.6) is 0 Å². The van der Waals surface area contributed by atoms with Gasteiger partial charge in [-0.1, -0.05) is 25.1 Å². The summed E-state index contributed by atoms with van der Waals surface area (Å²) in [5.41, 5.74) is 1.99. The van der Waals surface area contributed by atoms with E-state index in [-0.39, 0.29) is 4.90 Å². The first kappa shape index (κ1) is 28.6. The highest BCUT2D eigenvalue weighted by Gasteiger charge is 2.38. The molecule has 3 N–H and O–H groups in total. The molecule has 6 nitrogen and oxygen atoms in total. The second kappa shape index (κ2) is 11.4. The molecule has 1 aliphatic carbocycles. The summed E-state index contributed by atoms with van der Waals surface area (Å²) in [4.78, 5) is 9.02. The topological polar surface area (TPSA) is 95.5 Å². The SMILES string of the molecule is CCCN[C@H]1CCc2cc(NS(=O)(=O)c3ccc(C(C)(C)F)cc3)ccc2C1.O=C(O)C(F)(F)F. The number of anilines is 1. The lowest BCUT2D eigenvalue weighted by Gasteiger charge is -2.26. The van der Waals surface area contributed by atoms with Gasteiger partial charge in [-0.15, -0.1) is 0 Å². The number of aliphatic carboxylic acids is 1. The summed E-state index contributed by atoms with van der Waals surface area (Å²) in [6.07, 6.45) is -0.993. The van der Waals surface area contributed by atoms with Gasteiger partial charge >= 0.3 is 12.1 Å². The lowest BCUT2D eigenvalue weighted by molar-refractivity contribution is -0.192. The maximum absolute atomic E-state index is 14.0. The number of rotatable bonds is 7. The van der Waals surface area contributed by atoms with Crippen LogP contribution < -0.4 is 10.0 Å². The molecule has 0 unspecified atom stereocenters. The van der Waals surface area contributed by atoms with E-state index >= 15 is 0 Å². The fraction of sp³-hybridized carbons (Fsp3) is 0.458. The first-order chi connectivity index (χ1) is 16.1. The van der Waals surface area contributed by atoms with Crippen molar-refractivity contribution in [2.75, 3.05) is 11.3 Å². The lowest BCUT2D eigenvalue weighted by Crippen LogP contribution is -2.35. The Bertz CT molecular complexity index is 1110. The van der Waals surface area contributed by atoms with E-state index in [1.54, 1.807) is 0 Å². The zero-order valence-corrected chi connectivity index (χ0v) is 20.6. The van der Waals surface area contributed by atoms with E-state index < -0.39 is 27.8 Å². The van der Waals surface area contributed by atoms with Crippen LogP contribution in [0.2, 0.25) is 0 Å². The lowest BCUT2D eigenvalue weighted by atomic mass is 9.88. The van der Waals surface area contributed by atoms with Gasteiger partial charge < -0.3 is 10.4 Å². The van der Waals surface area contributed by atoms with Crippen LogP contribution >= 0.6 is 0 Å². The summed E-state index contributed by atoms with van der Waals surface area (Å²) >= 11 is 0. The van der Waals surface area contributed by atoms with Crippen LogP contribution in [-0.2, 0) is 33.3 Å². The van der Waals surface area contributed by atoms with Gasteiger partial charge in [-0.2, -0.15) is 13.2 Å². The molecule has 0 saturated heterocycles. The summed E-state index contributed by atoms with van der Waals surface area (Å²) in [7, 11) is -3.71. The maximum Gasteiger partial charge on any atom is 0.490 e. The number of carboxylic acid groups (broad SMARTS) is 1. The van der Waals surface area contributed by atoms with Crippen LogP contribution in [0.1, 0.15) is 50.3 Å². The molecule has 0 radical (unpaired) electrons. The van der Waals surface area contributed by atoms with Gasteiger partial charge in [-0.3, -0.25) is 4.72 Å². The molecule has 35 heavy (non-hydrogen) atoms. The van der Waals surface area contributed by atoms with Crippen molar-refractivity contribution in [2.24, 2.45) is 0 Å². The van der Waals surface area contributed by atoms with E-state index in [0.29, 0.717) is 17.3 Å².